The molecule has 0 aliphatic heterocycles. The second-order valence-corrected chi connectivity index (χ2v) is 9.59. The summed E-state index contributed by atoms with van der Waals surface area (Å²) in [6.07, 6.45) is -1.18. The van der Waals surface area contributed by atoms with Crippen LogP contribution in [0.25, 0.3) is 0 Å². The Balaban J connectivity index is 2.06. The van der Waals surface area contributed by atoms with Crippen molar-refractivity contribution in [1.82, 2.24) is 5.32 Å². The van der Waals surface area contributed by atoms with E-state index < -0.39 is 34.2 Å². The summed E-state index contributed by atoms with van der Waals surface area (Å²) in [7, 11) is -3.13. The smallest absolute Gasteiger partial charge is 0.416 e. The van der Waals surface area contributed by atoms with Gasteiger partial charge < -0.3 is 10.1 Å². The summed E-state index contributed by atoms with van der Waals surface area (Å²) in [5, 5.41) is 2.79. The summed E-state index contributed by atoms with van der Waals surface area (Å²) < 4.78 is 72.9. The first kappa shape index (κ1) is 23.9. The van der Waals surface area contributed by atoms with Gasteiger partial charge in [0.05, 0.1) is 18.4 Å². The predicted octanol–water partition coefficient (Wildman–Crippen LogP) is 4.28. The molecule has 1 aliphatic rings. The molecule has 0 radical (unpaired) electrons. The Bertz CT molecular complexity index is 1080. The summed E-state index contributed by atoms with van der Waals surface area (Å²) in [5.74, 6) is -0.548. The zero-order valence-corrected chi connectivity index (χ0v) is 18.6. The number of methoxy groups -OCH3 is 1. The van der Waals surface area contributed by atoms with Crippen molar-refractivity contribution in [2.75, 3.05) is 18.0 Å². The van der Waals surface area contributed by atoms with Crippen molar-refractivity contribution >= 4 is 21.6 Å². The maximum absolute atomic E-state index is 13.6. The molecule has 6 nitrogen and oxygen atoms in total. The molecule has 0 heterocycles. The van der Waals surface area contributed by atoms with E-state index in [4.69, 9.17) is 4.74 Å². The number of halogens is 3. The summed E-state index contributed by atoms with van der Waals surface area (Å²) in [6, 6.07) is 8.33. The van der Waals surface area contributed by atoms with Crippen LogP contribution in [0.2, 0.25) is 0 Å². The molecule has 0 saturated heterocycles. The number of ether oxygens (including phenoxy) is 1. The van der Waals surface area contributed by atoms with E-state index in [0.29, 0.717) is 9.87 Å². The van der Waals surface area contributed by atoms with Gasteiger partial charge in [0.15, 0.2) is 0 Å². The highest BCUT2D eigenvalue weighted by molar-refractivity contribution is 7.93. The van der Waals surface area contributed by atoms with Gasteiger partial charge in [-0.05, 0) is 55.7 Å². The average Bonchev–Trinajstić information content (AvgIpc) is 3.24. The number of aryl methyl sites for hydroxylation is 1. The molecular weight excluding hydrogens is 445 g/mol. The predicted molar refractivity (Wildman–Crippen MR) is 114 cm³/mol. The number of hydrogen-bond donors (Lipinski definition) is 1. The van der Waals surface area contributed by atoms with Crippen LogP contribution in [0.4, 0.5) is 18.9 Å². The first-order valence-corrected chi connectivity index (χ1v) is 11.6. The topological polar surface area (TPSA) is 75.7 Å². The van der Waals surface area contributed by atoms with Crippen LogP contribution in [0.3, 0.4) is 0 Å². The highest BCUT2D eigenvalue weighted by atomic mass is 32.2. The minimum absolute atomic E-state index is 0.0313. The molecule has 0 bridgehead atoms. The van der Waals surface area contributed by atoms with Crippen LogP contribution < -0.4 is 14.4 Å². The van der Waals surface area contributed by atoms with Crippen molar-refractivity contribution in [1.29, 1.82) is 0 Å². The summed E-state index contributed by atoms with van der Waals surface area (Å²) in [6.45, 7) is 1.02. The Morgan fingerprint density at radius 3 is 2.47 bits per heavy atom. The van der Waals surface area contributed by atoms with Crippen molar-refractivity contribution in [2.24, 2.45) is 0 Å². The van der Waals surface area contributed by atoms with E-state index >= 15 is 0 Å². The SMILES string of the molecule is COc1ccc(C)cc1S(=O)(=O)N(CC(=O)NC1CCCC1)c1cccc(C(F)(F)F)c1. The van der Waals surface area contributed by atoms with Crippen LogP contribution in [-0.2, 0) is 21.0 Å². The highest BCUT2D eigenvalue weighted by Crippen LogP contribution is 2.35. The van der Waals surface area contributed by atoms with Crippen LogP contribution in [0.1, 0.15) is 36.8 Å². The van der Waals surface area contributed by atoms with Gasteiger partial charge in [-0.2, -0.15) is 13.2 Å². The van der Waals surface area contributed by atoms with Crippen molar-refractivity contribution in [2.45, 2.75) is 49.7 Å². The van der Waals surface area contributed by atoms with Crippen molar-refractivity contribution in [3.8, 4) is 5.75 Å². The number of hydrogen-bond acceptors (Lipinski definition) is 4. The molecular formula is C22H25F3N2O4S. The first-order chi connectivity index (χ1) is 15.0. The molecule has 32 heavy (non-hydrogen) atoms. The van der Waals surface area contributed by atoms with Gasteiger partial charge in [-0.1, -0.05) is 25.0 Å². The second kappa shape index (κ2) is 9.40. The van der Waals surface area contributed by atoms with Gasteiger partial charge in [0, 0.05) is 6.04 Å². The van der Waals surface area contributed by atoms with Gasteiger partial charge in [0.2, 0.25) is 5.91 Å². The zero-order chi connectivity index (χ0) is 23.5. The van der Waals surface area contributed by atoms with E-state index in [1.165, 1.54) is 25.3 Å². The van der Waals surface area contributed by atoms with Gasteiger partial charge >= 0.3 is 6.18 Å². The Hall–Kier alpha value is -2.75. The number of amides is 1. The summed E-state index contributed by atoms with van der Waals surface area (Å²) >= 11 is 0. The molecule has 0 unspecified atom stereocenters. The van der Waals surface area contributed by atoms with Gasteiger partial charge in [0.1, 0.15) is 17.2 Å². The number of carbonyl (C=O) groups is 1. The minimum Gasteiger partial charge on any atom is -0.495 e. The lowest BCUT2D eigenvalue weighted by Gasteiger charge is -2.26. The Labute approximate surface area is 185 Å². The van der Waals surface area contributed by atoms with E-state index in [1.54, 1.807) is 13.0 Å². The van der Waals surface area contributed by atoms with Crippen molar-refractivity contribution < 1.29 is 31.1 Å². The third kappa shape index (κ3) is 5.35. The Morgan fingerprint density at radius 2 is 1.84 bits per heavy atom. The molecule has 2 aromatic carbocycles. The quantitative estimate of drug-likeness (QED) is 0.656. The van der Waals surface area contributed by atoms with Crippen LogP contribution in [0, 0.1) is 6.92 Å². The van der Waals surface area contributed by atoms with E-state index in [0.717, 1.165) is 43.9 Å². The monoisotopic (exact) mass is 470 g/mol. The normalized spacial score (nSPS) is 14.9. The number of carbonyl (C=O) groups excluding carboxylic acids is 1. The fraction of sp³-hybridized carbons (Fsp3) is 0.409. The maximum Gasteiger partial charge on any atom is 0.416 e. The molecule has 1 amide bonds. The largest absolute Gasteiger partial charge is 0.495 e. The third-order valence-corrected chi connectivity index (χ3v) is 7.15. The number of nitrogens with one attached hydrogen (secondary N) is 1. The summed E-state index contributed by atoms with van der Waals surface area (Å²) in [4.78, 5) is 12.5. The fourth-order valence-corrected chi connectivity index (χ4v) is 5.39. The third-order valence-electron chi connectivity index (χ3n) is 5.36. The van der Waals surface area contributed by atoms with Crippen LogP contribution in [0.5, 0.6) is 5.75 Å². The highest BCUT2D eigenvalue weighted by Gasteiger charge is 2.34. The average molecular weight is 471 g/mol. The number of sulfonamides is 1. The molecule has 10 heteroatoms. The molecule has 174 valence electrons. The van der Waals surface area contributed by atoms with Crippen molar-refractivity contribution in [3.05, 3.63) is 53.6 Å². The number of anilines is 1. The molecule has 1 saturated carbocycles. The lowest BCUT2D eigenvalue weighted by Crippen LogP contribution is -2.43. The van der Waals surface area contributed by atoms with E-state index in [-0.39, 0.29) is 22.4 Å². The lowest BCUT2D eigenvalue weighted by molar-refractivity contribution is -0.137. The first-order valence-electron chi connectivity index (χ1n) is 10.2. The maximum atomic E-state index is 13.6. The Kier molecular flexibility index (Phi) is 7.02. The van der Waals surface area contributed by atoms with Gasteiger partial charge in [-0.3, -0.25) is 9.10 Å². The van der Waals surface area contributed by atoms with Gasteiger partial charge in [-0.15, -0.1) is 0 Å². The van der Waals surface area contributed by atoms with E-state index in [9.17, 15) is 26.4 Å². The van der Waals surface area contributed by atoms with E-state index in [2.05, 4.69) is 5.32 Å². The number of alkyl halides is 3. The molecule has 1 N–H and O–H groups in total. The van der Waals surface area contributed by atoms with E-state index in [1.807, 2.05) is 0 Å². The molecule has 0 spiro atoms. The zero-order valence-electron chi connectivity index (χ0n) is 17.8. The fourth-order valence-electron chi connectivity index (χ4n) is 3.73. The molecule has 1 aliphatic carbocycles. The molecule has 0 atom stereocenters. The molecule has 3 rings (SSSR count). The van der Waals surface area contributed by atoms with Gasteiger partial charge in [0.25, 0.3) is 10.0 Å². The molecule has 2 aromatic rings. The standard InChI is InChI=1S/C22H25F3N2O4S/c1-15-10-11-19(31-2)20(12-15)32(29,30)27(14-21(28)26-17-7-3-4-8-17)18-9-5-6-16(13-18)22(23,24)25/h5-6,9-13,17H,3-4,7-8,14H2,1-2H3,(H,26,28). The molecule has 0 aromatic heterocycles. The number of rotatable bonds is 7. The van der Waals surface area contributed by atoms with Gasteiger partial charge in [-0.25, -0.2) is 8.42 Å². The lowest BCUT2D eigenvalue weighted by atomic mass is 10.2. The summed E-state index contributed by atoms with van der Waals surface area (Å²) in [5.41, 5.74) is -0.656. The van der Waals surface area contributed by atoms with Crippen molar-refractivity contribution in [3.63, 3.8) is 0 Å². The van der Waals surface area contributed by atoms with Crippen LogP contribution in [0.15, 0.2) is 47.4 Å². The minimum atomic E-state index is -4.67. The van der Waals surface area contributed by atoms with Crippen LogP contribution >= 0.6 is 0 Å². The molecule has 1 fully saturated rings. The number of nitrogens with zero attached hydrogens (tertiary/aromatic N) is 1. The Morgan fingerprint density at radius 1 is 1.16 bits per heavy atom. The number of benzene rings is 2. The second-order valence-electron chi connectivity index (χ2n) is 7.76. The van der Waals surface area contributed by atoms with Crippen LogP contribution in [-0.4, -0.2) is 34.0 Å².